The molecule has 0 aromatic rings. The Morgan fingerprint density at radius 1 is 1.27 bits per heavy atom. The van der Waals surface area contributed by atoms with E-state index in [1.165, 1.54) is 12.2 Å². The van der Waals surface area contributed by atoms with Gasteiger partial charge in [-0.1, -0.05) is 18.2 Å². The van der Waals surface area contributed by atoms with Gasteiger partial charge in [-0.3, -0.25) is 4.79 Å². The summed E-state index contributed by atoms with van der Waals surface area (Å²) in [5.74, 6) is -1.84. The molecule has 1 nitrogen and oxygen atoms in total. The fraction of sp³-hybridized carbons (Fsp3) is 0.286. The van der Waals surface area contributed by atoms with Gasteiger partial charge in [-0.25, -0.2) is 0 Å². The van der Waals surface area contributed by atoms with Crippen LogP contribution in [0.15, 0.2) is 24.3 Å². The molecule has 0 atom stereocenters. The van der Waals surface area contributed by atoms with Crippen LogP contribution in [-0.4, -0.2) is 12.0 Å². The largest absolute Gasteiger partial charge is 0.454 e. The highest BCUT2D eigenvalue weighted by Crippen LogP contribution is 2.16. The maximum absolute atomic E-state index is 11.5. The molecule has 62 valence electrons. The first-order valence-electron chi connectivity index (χ1n) is 2.89. The Morgan fingerprint density at radius 3 is 2.18 bits per heavy atom. The van der Waals surface area contributed by atoms with Gasteiger partial charge in [0, 0.05) is 0 Å². The highest BCUT2D eigenvalue weighted by Gasteiger charge is 2.35. The molecule has 0 aromatic heterocycles. The van der Waals surface area contributed by atoms with Gasteiger partial charge in [-0.2, -0.15) is 13.2 Å². The third-order valence-corrected chi connectivity index (χ3v) is 0.831. The van der Waals surface area contributed by atoms with Crippen LogP contribution in [0.25, 0.3) is 0 Å². The van der Waals surface area contributed by atoms with Gasteiger partial charge in [0.15, 0.2) is 0 Å². The minimum atomic E-state index is -4.75. The number of rotatable bonds is 2. The van der Waals surface area contributed by atoms with Crippen LogP contribution >= 0.6 is 0 Å². The zero-order chi connectivity index (χ0) is 8.91. The average Bonchev–Trinajstić information content (AvgIpc) is 1.86. The standard InChI is InChI=1S/C7H7F3O/c1-2-3-4-5-6(11)7(8,9)10/h2-5H,1H3. The predicted molar refractivity (Wildman–Crippen MR) is 35.0 cm³/mol. The Labute approximate surface area is 62.2 Å². The van der Waals surface area contributed by atoms with Crippen LogP contribution in [0, 0.1) is 0 Å². The molecule has 0 fully saturated rings. The fourth-order valence-electron chi connectivity index (χ4n) is 0.349. The third kappa shape index (κ3) is 4.36. The molecule has 0 amide bonds. The van der Waals surface area contributed by atoms with E-state index in [4.69, 9.17) is 0 Å². The summed E-state index contributed by atoms with van der Waals surface area (Å²) in [6, 6.07) is 0. The van der Waals surface area contributed by atoms with Crippen LogP contribution in [0.3, 0.4) is 0 Å². The molecular formula is C7H7F3O. The summed E-state index contributed by atoms with van der Waals surface area (Å²) in [7, 11) is 0. The molecule has 0 N–H and O–H groups in total. The smallest absolute Gasteiger partial charge is 0.285 e. The summed E-state index contributed by atoms with van der Waals surface area (Å²) in [6.07, 6.45) is -0.336. The van der Waals surface area contributed by atoms with Crippen LogP contribution in [0.2, 0.25) is 0 Å². The third-order valence-electron chi connectivity index (χ3n) is 0.831. The quantitative estimate of drug-likeness (QED) is 0.452. The van der Waals surface area contributed by atoms with Crippen LogP contribution in [-0.2, 0) is 4.79 Å². The van der Waals surface area contributed by atoms with Gasteiger partial charge in [0.05, 0.1) is 0 Å². The normalized spacial score (nSPS) is 13.1. The maximum Gasteiger partial charge on any atom is 0.454 e. The second-order valence-electron chi connectivity index (χ2n) is 1.75. The van der Waals surface area contributed by atoms with Crippen molar-refractivity contribution in [3.05, 3.63) is 24.3 Å². The molecule has 0 aliphatic heterocycles. The van der Waals surface area contributed by atoms with E-state index in [2.05, 4.69) is 0 Å². The van der Waals surface area contributed by atoms with Crippen molar-refractivity contribution in [2.45, 2.75) is 13.1 Å². The molecule has 0 aliphatic carbocycles. The van der Waals surface area contributed by atoms with E-state index in [9.17, 15) is 18.0 Å². The number of carbonyl (C=O) groups is 1. The molecule has 0 unspecified atom stereocenters. The lowest BCUT2D eigenvalue weighted by Crippen LogP contribution is -2.19. The van der Waals surface area contributed by atoms with Crippen molar-refractivity contribution in [1.82, 2.24) is 0 Å². The highest BCUT2D eigenvalue weighted by atomic mass is 19.4. The number of ketones is 1. The number of carbonyl (C=O) groups excluding carboxylic acids is 1. The number of hydrogen-bond acceptors (Lipinski definition) is 1. The minimum absolute atomic E-state index is 0.486. The van der Waals surface area contributed by atoms with Gasteiger partial charge in [0.2, 0.25) is 0 Å². The van der Waals surface area contributed by atoms with Crippen molar-refractivity contribution in [3.63, 3.8) is 0 Å². The van der Waals surface area contributed by atoms with Gasteiger partial charge in [-0.15, -0.1) is 0 Å². The van der Waals surface area contributed by atoms with E-state index in [0.29, 0.717) is 6.08 Å². The molecule has 0 radical (unpaired) electrons. The second kappa shape index (κ2) is 3.95. The Bertz CT molecular complexity index is 188. The van der Waals surface area contributed by atoms with E-state index in [1.54, 1.807) is 6.92 Å². The Kier molecular flexibility index (Phi) is 3.57. The van der Waals surface area contributed by atoms with Crippen molar-refractivity contribution in [1.29, 1.82) is 0 Å². The van der Waals surface area contributed by atoms with E-state index < -0.39 is 12.0 Å². The van der Waals surface area contributed by atoms with E-state index in [0.717, 1.165) is 6.08 Å². The second-order valence-corrected chi connectivity index (χ2v) is 1.75. The molecule has 4 heteroatoms. The SMILES string of the molecule is CC=CC=CC(=O)C(F)(F)F. The van der Waals surface area contributed by atoms with E-state index in [1.807, 2.05) is 0 Å². The van der Waals surface area contributed by atoms with Gasteiger partial charge < -0.3 is 0 Å². The summed E-state index contributed by atoms with van der Waals surface area (Å²) in [5, 5.41) is 0. The minimum Gasteiger partial charge on any atom is -0.285 e. The molecular weight excluding hydrogens is 157 g/mol. The first kappa shape index (κ1) is 9.94. The van der Waals surface area contributed by atoms with Crippen molar-refractivity contribution in [2.75, 3.05) is 0 Å². The Morgan fingerprint density at radius 2 is 1.82 bits per heavy atom. The molecule has 0 rings (SSSR count). The lowest BCUT2D eigenvalue weighted by Gasteiger charge is -1.97. The number of hydrogen-bond donors (Lipinski definition) is 0. The monoisotopic (exact) mass is 164 g/mol. The highest BCUT2D eigenvalue weighted by molar-refractivity contribution is 5.94. The van der Waals surface area contributed by atoms with Gasteiger partial charge in [-0.05, 0) is 13.0 Å². The number of halogens is 3. The average molecular weight is 164 g/mol. The summed E-state index contributed by atoms with van der Waals surface area (Å²) >= 11 is 0. The van der Waals surface area contributed by atoms with Crippen molar-refractivity contribution in [3.8, 4) is 0 Å². The molecule has 0 aliphatic rings. The number of alkyl halides is 3. The topological polar surface area (TPSA) is 17.1 Å². The zero-order valence-corrected chi connectivity index (χ0v) is 5.85. The molecule has 0 heterocycles. The van der Waals surface area contributed by atoms with Crippen molar-refractivity contribution in [2.24, 2.45) is 0 Å². The fourth-order valence-corrected chi connectivity index (χ4v) is 0.349. The predicted octanol–water partition coefficient (Wildman–Crippen LogP) is 2.25. The number of allylic oxidation sites excluding steroid dienone is 4. The lowest BCUT2D eigenvalue weighted by atomic mass is 10.3. The lowest BCUT2D eigenvalue weighted by molar-refractivity contribution is -0.165. The molecule has 0 aromatic carbocycles. The zero-order valence-electron chi connectivity index (χ0n) is 5.85. The Balaban J connectivity index is 4.08. The van der Waals surface area contributed by atoms with E-state index >= 15 is 0 Å². The maximum atomic E-state index is 11.5. The molecule has 0 spiro atoms. The van der Waals surface area contributed by atoms with Gasteiger partial charge >= 0.3 is 6.18 Å². The summed E-state index contributed by atoms with van der Waals surface area (Å²) in [4.78, 5) is 10.1. The van der Waals surface area contributed by atoms with Gasteiger partial charge in [0.1, 0.15) is 0 Å². The van der Waals surface area contributed by atoms with Crippen molar-refractivity contribution >= 4 is 5.78 Å². The first-order valence-corrected chi connectivity index (χ1v) is 2.89. The molecule has 11 heavy (non-hydrogen) atoms. The van der Waals surface area contributed by atoms with Gasteiger partial charge in [0.25, 0.3) is 5.78 Å². The van der Waals surface area contributed by atoms with Crippen LogP contribution in [0.4, 0.5) is 13.2 Å². The first-order chi connectivity index (χ1) is 4.98. The van der Waals surface area contributed by atoms with Crippen LogP contribution < -0.4 is 0 Å². The van der Waals surface area contributed by atoms with E-state index in [-0.39, 0.29) is 0 Å². The summed E-state index contributed by atoms with van der Waals surface area (Å²) < 4.78 is 34.4. The Hall–Kier alpha value is -1.06. The van der Waals surface area contributed by atoms with Crippen LogP contribution in [0.1, 0.15) is 6.92 Å². The summed E-state index contributed by atoms with van der Waals surface area (Å²) in [5.41, 5.74) is 0. The molecule has 0 saturated carbocycles. The molecule has 0 bridgehead atoms. The van der Waals surface area contributed by atoms with Crippen molar-refractivity contribution < 1.29 is 18.0 Å². The van der Waals surface area contributed by atoms with Crippen LogP contribution in [0.5, 0.6) is 0 Å². The molecule has 0 saturated heterocycles. The summed E-state index contributed by atoms with van der Waals surface area (Å²) in [6.45, 7) is 1.64.